The lowest BCUT2D eigenvalue weighted by Crippen LogP contribution is -2.39. The van der Waals surface area contributed by atoms with Crippen LogP contribution in [-0.2, 0) is 16.1 Å². The van der Waals surface area contributed by atoms with Crippen molar-refractivity contribution < 1.29 is 9.53 Å². The van der Waals surface area contributed by atoms with Gasteiger partial charge in [0.25, 0.3) is 5.91 Å². The lowest BCUT2D eigenvalue weighted by Gasteiger charge is -2.25. The largest absolute Gasteiger partial charge is 0.372 e. The summed E-state index contributed by atoms with van der Waals surface area (Å²) in [4.78, 5) is 13.9. The maximum atomic E-state index is 12.1. The number of methoxy groups -OCH3 is 1. The zero-order chi connectivity index (χ0) is 13.4. The summed E-state index contributed by atoms with van der Waals surface area (Å²) in [7, 11) is 1.55. The molecule has 0 radical (unpaired) electrons. The second kappa shape index (κ2) is 9.78. The summed E-state index contributed by atoms with van der Waals surface area (Å²) in [6.07, 6.45) is 0.390. The van der Waals surface area contributed by atoms with Crippen LogP contribution in [0.4, 0.5) is 0 Å². The number of carbonyl (C=O) groups excluding carboxylic acids is 1. The van der Waals surface area contributed by atoms with Crippen molar-refractivity contribution in [3.05, 3.63) is 35.9 Å². The van der Waals surface area contributed by atoms with Crippen LogP contribution in [0.1, 0.15) is 18.9 Å². The van der Waals surface area contributed by atoms with Crippen molar-refractivity contribution in [3.8, 4) is 0 Å². The van der Waals surface area contributed by atoms with Gasteiger partial charge in [0, 0.05) is 20.2 Å². The van der Waals surface area contributed by atoms with Gasteiger partial charge in [-0.05, 0) is 25.5 Å². The van der Waals surface area contributed by atoms with Crippen LogP contribution in [0.5, 0.6) is 0 Å². The highest BCUT2D eigenvalue weighted by atomic mass is 35.5. The molecule has 0 heterocycles. The molecule has 19 heavy (non-hydrogen) atoms. The third-order valence-corrected chi connectivity index (χ3v) is 2.86. The third kappa shape index (κ3) is 6.05. The molecule has 0 bridgehead atoms. The summed E-state index contributed by atoms with van der Waals surface area (Å²) < 4.78 is 5.09. The number of rotatable bonds is 7. The van der Waals surface area contributed by atoms with Crippen LogP contribution in [0.15, 0.2) is 30.3 Å². The van der Waals surface area contributed by atoms with Crippen molar-refractivity contribution in [3.63, 3.8) is 0 Å². The number of nitrogens with zero attached hydrogens (tertiary/aromatic N) is 1. The monoisotopic (exact) mass is 286 g/mol. The standard InChI is InChI=1S/C14H22N2O2.ClH/c1-12(18-2)14(17)16(10-6-9-15)11-13-7-4-3-5-8-13;/h3-5,7-8,12H,6,9-11,15H2,1-2H3;1H. The van der Waals surface area contributed by atoms with Gasteiger partial charge in [0.15, 0.2) is 0 Å². The first-order valence-electron chi connectivity index (χ1n) is 6.24. The van der Waals surface area contributed by atoms with Crippen LogP contribution in [0.3, 0.4) is 0 Å². The number of hydrogen-bond acceptors (Lipinski definition) is 3. The first kappa shape index (κ1) is 17.9. The molecule has 0 aliphatic rings. The fourth-order valence-electron chi connectivity index (χ4n) is 1.71. The van der Waals surface area contributed by atoms with Gasteiger partial charge in [0.2, 0.25) is 0 Å². The maximum Gasteiger partial charge on any atom is 0.251 e. The lowest BCUT2D eigenvalue weighted by molar-refractivity contribution is -0.141. The van der Waals surface area contributed by atoms with E-state index >= 15 is 0 Å². The molecule has 108 valence electrons. The molecule has 0 saturated heterocycles. The second-order valence-corrected chi connectivity index (χ2v) is 4.27. The number of halogens is 1. The van der Waals surface area contributed by atoms with Crippen LogP contribution in [-0.4, -0.2) is 37.1 Å². The SMILES string of the molecule is COC(C)C(=O)N(CCCN)Cc1ccccc1.Cl. The van der Waals surface area contributed by atoms with E-state index in [0.29, 0.717) is 19.6 Å². The van der Waals surface area contributed by atoms with Crippen LogP contribution in [0, 0.1) is 0 Å². The van der Waals surface area contributed by atoms with E-state index in [-0.39, 0.29) is 18.3 Å². The first-order chi connectivity index (χ1) is 8.69. The van der Waals surface area contributed by atoms with E-state index < -0.39 is 6.10 Å². The summed E-state index contributed by atoms with van der Waals surface area (Å²) >= 11 is 0. The summed E-state index contributed by atoms with van der Waals surface area (Å²) in [5.41, 5.74) is 6.63. The van der Waals surface area contributed by atoms with Gasteiger partial charge >= 0.3 is 0 Å². The van der Waals surface area contributed by atoms with Gasteiger partial charge in [-0.3, -0.25) is 4.79 Å². The fraction of sp³-hybridized carbons (Fsp3) is 0.500. The van der Waals surface area contributed by atoms with Crippen molar-refractivity contribution >= 4 is 18.3 Å². The molecule has 4 nitrogen and oxygen atoms in total. The van der Waals surface area contributed by atoms with Crippen molar-refractivity contribution in [2.45, 2.75) is 26.0 Å². The van der Waals surface area contributed by atoms with Gasteiger partial charge in [0.05, 0.1) is 0 Å². The Balaban J connectivity index is 0.00000324. The second-order valence-electron chi connectivity index (χ2n) is 4.27. The molecule has 1 unspecified atom stereocenters. The summed E-state index contributed by atoms with van der Waals surface area (Å²) in [6.45, 7) is 3.62. The Hall–Kier alpha value is -1.10. The van der Waals surface area contributed by atoms with Crippen LogP contribution in [0.25, 0.3) is 0 Å². The molecule has 5 heteroatoms. The Morgan fingerprint density at radius 2 is 2.00 bits per heavy atom. The van der Waals surface area contributed by atoms with Gasteiger partial charge in [-0.15, -0.1) is 12.4 Å². The van der Waals surface area contributed by atoms with Crippen LogP contribution < -0.4 is 5.73 Å². The predicted octanol–water partition coefficient (Wildman–Crippen LogP) is 1.82. The molecule has 2 N–H and O–H groups in total. The molecule has 1 rings (SSSR count). The molecule has 1 atom stereocenters. The molecule has 0 fully saturated rings. The molecule has 0 saturated carbocycles. The van der Waals surface area contributed by atoms with Crippen molar-refractivity contribution in [1.29, 1.82) is 0 Å². The normalized spacial score (nSPS) is 11.5. The zero-order valence-corrected chi connectivity index (χ0v) is 12.4. The third-order valence-electron chi connectivity index (χ3n) is 2.86. The minimum atomic E-state index is -0.411. The minimum Gasteiger partial charge on any atom is -0.372 e. The molecular weight excluding hydrogens is 264 g/mol. The highest BCUT2D eigenvalue weighted by Crippen LogP contribution is 2.08. The predicted molar refractivity (Wildman–Crippen MR) is 79.2 cm³/mol. The molecule has 0 aromatic heterocycles. The lowest BCUT2D eigenvalue weighted by atomic mass is 10.2. The van der Waals surface area contributed by atoms with Gasteiger partial charge in [0.1, 0.15) is 6.10 Å². The Labute approximate surface area is 121 Å². The molecule has 1 aromatic rings. The summed E-state index contributed by atoms with van der Waals surface area (Å²) in [6, 6.07) is 9.94. The fourth-order valence-corrected chi connectivity index (χ4v) is 1.71. The Morgan fingerprint density at radius 3 is 2.53 bits per heavy atom. The molecule has 0 aliphatic heterocycles. The van der Waals surface area contributed by atoms with Gasteiger partial charge in [-0.2, -0.15) is 0 Å². The zero-order valence-electron chi connectivity index (χ0n) is 11.5. The molecule has 0 aliphatic carbocycles. The number of amides is 1. The topological polar surface area (TPSA) is 55.6 Å². The van der Waals surface area contributed by atoms with E-state index in [1.165, 1.54) is 0 Å². The van der Waals surface area contributed by atoms with E-state index in [0.717, 1.165) is 12.0 Å². The van der Waals surface area contributed by atoms with Crippen molar-refractivity contribution in [2.75, 3.05) is 20.2 Å². The minimum absolute atomic E-state index is 0. The number of benzene rings is 1. The maximum absolute atomic E-state index is 12.1. The van der Waals surface area contributed by atoms with Crippen LogP contribution >= 0.6 is 12.4 Å². The highest BCUT2D eigenvalue weighted by Gasteiger charge is 2.19. The van der Waals surface area contributed by atoms with E-state index in [1.807, 2.05) is 30.3 Å². The van der Waals surface area contributed by atoms with Crippen molar-refractivity contribution in [2.24, 2.45) is 5.73 Å². The molecule has 1 amide bonds. The number of hydrogen-bond donors (Lipinski definition) is 1. The Bertz CT molecular complexity index is 360. The number of nitrogens with two attached hydrogens (primary N) is 1. The van der Waals surface area contributed by atoms with Gasteiger partial charge in [-0.1, -0.05) is 30.3 Å². The Kier molecular flexibility index (Phi) is 9.21. The van der Waals surface area contributed by atoms with E-state index in [2.05, 4.69) is 0 Å². The van der Waals surface area contributed by atoms with Crippen molar-refractivity contribution in [1.82, 2.24) is 4.90 Å². The van der Waals surface area contributed by atoms with Crippen LogP contribution in [0.2, 0.25) is 0 Å². The highest BCUT2D eigenvalue weighted by molar-refractivity contribution is 5.85. The summed E-state index contributed by atoms with van der Waals surface area (Å²) in [5.74, 6) is 0.00908. The molecule has 0 spiro atoms. The van der Waals surface area contributed by atoms with E-state index in [4.69, 9.17) is 10.5 Å². The van der Waals surface area contributed by atoms with Gasteiger partial charge < -0.3 is 15.4 Å². The quantitative estimate of drug-likeness (QED) is 0.832. The number of ether oxygens (including phenoxy) is 1. The first-order valence-corrected chi connectivity index (χ1v) is 6.24. The Morgan fingerprint density at radius 1 is 1.37 bits per heavy atom. The smallest absolute Gasteiger partial charge is 0.251 e. The van der Waals surface area contributed by atoms with E-state index in [9.17, 15) is 4.79 Å². The van der Waals surface area contributed by atoms with E-state index in [1.54, 1.807) is 18.9 Å². The molecular formula is C14H23ClN2O2. The van der Waals surface area contributed by atoms with Gasteiger partial charge in [-0.25, -0.2) is 0 Å². The number of carbonyl (C=O) groups is 1. The summed E-state index contributed by atoms with van der Waals surface area (Å²) in [5, 5.41) is 0. The molecule has 1 aromatic carbocycles. The average molecular weight is 287 g/mol. The average Bonchev–Trinajstić information content (AvgIpc) is 2.42.